The maximum atomic E-state index is 11.9. The van der Waals surface area contributed by atoms with Gasteiger partial charge in [0.15, 0.2) is 0 Å². The molecule has 6 nitrogen and oxygen atoms in total. The number of alkyl halides is 2. The average Bonchev–Trinajstić information content (AvgIpc) is 2.83. The van der Waals surface area contributed by atoms with Gasteiger partial charge in [-0.3, -0.25) is 9.59 Å². The first-order chi connectivity index (χ1) is 16.1. The van der Waals surface area contributed by atoms with E-state index < -0.39 is 0 Å². The average molecular weight is 582 g/mol. The Morgan fingerprint density at radius 3 is 1.45 bits per heavy atom. The number of esters is 2. The summed E-state index contributed by atoms with van der Waals surface area (Å²) in [4.78, 5) is 24.1. The number of fused-ring (bicyclic) bond motifs is 2. The van der Waals surface area contributed by atoms with Crippen LogP contribution in [0.3, 0.4) is 0 Å². The van der Waals surface area contributed by atoms with Gasteiger partial charge in [0.2, 0.25) is 0 Å². The van der Waals surface area contributed by atoms with Crippen molar-refractivity contribution in [2.24, 2.45) is 0 Å². The van der Waals surface area contributed by atoms with Crippen LogP contribution in [0.1, 0.15) is 63.4 Å². The van der Waals surface area contributed by atoms with Crippen LogP contribution in [0.5, 0.6) is 0 Å². The van der Waals surface area contributed by atoms with Gasteiger partial charge in [0, 0.05) is 12.8 Å². The van der Waals surface area contributed by atoms with Crippen LogP contribution >= 0.6 is 31.9 Å². The van der Waals surface area contributed by atoms with Crippen molar-refractivity contribution in [1.82, 2.24) is 0 Å². The van der Waals surface area contributed by atoms with E-state index in [1.807, 2.05) is 36.4 Å². The second-order valence-electron chi connectivity index (χ2n) is 7.94. The molecular weight excluding hydrogens is 556 g/mol. The van der Waals surface area contributed by atoms with Gasteiger partial charge in [-0.25, -0.2) is 0 Å². The Kier molecular flexibility index (Phi) is 8.57. The van der Waals surface area contributed by atoms with Crippen molar-refractivity contribution >= 4 is 43.8 Å². The first-order valence-electron chi connectivity index (χ1n) is 11.1. The third kappa shape index (κ3) is 5.85. The monoisotopic (exact) mass is 580 g/mol. The zero-order chi connectivity index (χ0) is 23.2. The fraction of sp³-hybridized carbons (Fsp3) is 0.440. The molecule has 0 aliphatic heterocycles. The summed E-state index contributed by atoms with van der Waals surface area (Å²) in [5.41, 5.74) is 4.80. The topological polar surface area (TPSA) is 71.1 Å². The van der Waals surface area contributed by atoms with Gasteiger partial charge in [-0.05, 0) is 28.7 Å². The van der Waals surface area contributed by atoms with Crippen molar-refractivity contribution in [3.63, 3.8) is 0 Å². The number of carbonyl (C=O) groups is 2. The molecule has 2 aliphatic rings. The van der Waals surface area contributed by atoms with Crippen LogP contribution in [0.2, 0.25) is 0 Å². The molecule has 0 heterocycles. The number of ether oxygens (including phenoxy) is 4. The Labute approximate surface area is 210 Å². The van der Waals surface area contributed by atoms with E-state index in [1.165, 1.54) is 22.3 Å². The van der Waals surface area contributed by atoms with E-state index >= 15 is 0 Å². The highest BCUT2D eigenvalue weighted by atomic mass is 79.9. The van der Waals surface area contributed by atoms with Crippen molar-refractivity contribution in [3.05, 3.63) is 70.8 Å². The molecule has 0 amide bonds. The van der Waals surface area contributed by atoms with Crippen molar-refractivity contribution in [1.29, 1.82) is 0 Å². The number of hydrogen-bond donors (Lipinski definition) is 0. The molecule has 2 aromatic rings. The van der Waals surface area contributed by atoms with Crippen LogP contribution in [0.15, 0.2) is 48.5 Å². The van der Waals surface area contributed by atoms with Crippen molar-refractivity contribution in [2.75, 3.05) is 26.4 Å². The summed E-state index contributed by atoms with van der Waals surface area (Å²) in [5, 5.41) is 0. The molecule has 176 valence electrons. The summed E-state index contributed by atoms with van der Waals surface area (Å²) >= 11 is 7.23. The molecule has 0 spiro atoms. The second kappa shape index (κ2) is 11.6. The Hall–Kier alpha value is -1.74. The standard InChI is InChI=1S/C25H26Br2O6/c26-22-16-6-1-3-8-18(16)24(22)32-14-12-30-20(28)10-5-11-21(29)31-13-15-33-25-19-9-4-2-7-17(19)23(25)27/h1-4,6-9,22-25H,5,10-15H2. The highest BCUT2D eigenvalue weighted by molar-refractivity contribution is 9.09. The highest BCUT2D eigenvalue weighted by Gasteiger charge is 2.36. The predicted octanol–water partition coefficient (Wildman–Crippen LogP) is 5.66. The zero-order valence-electron chi connectivity index (χ0n) is 18.1. The molecular formula is C25H26Br2O6. The van der Waals surface area contributed by atoms with Gasteiger partial charge in [0.1, 0.15) is 13.2 Å². The van der Waals surface area contributed by atoms with E-state index in [-0.39, 0.29) is 59.9 Å². The fourth-order valence-corrected chi connectivity index (χ4v) is 5.73. The number of benzene rings is 2. The van der Waals surface area contributed by atoms with Crippen molar-refractivity contribution in [3.8, 4) is 0 Å². The van der Waals surface area contributed by atoms with Gasteiger partial charge in [0.05, 0.1) is 35.1 Å². The van der Waals surface area contributed by atoms with E-state index in [9.17, 15) is 9.59 Å². The minimum Gasteiger partial charge on any atom is -0.463 e. The van der Waals surface area contributed by atoms with Crippen LogP contribution in [-0.2, 0) is 28.5 Å². The molecule has 8 heteroatoms. The molecule has 0 fully saturated rings. The molecule has 0 radical (unpaired) electrons. The molecule has 0 saturated heterocycles. The van der Waals surface area contributed by atoms with E-state index in [4.69, 9.17) is 18.9 Å². The lowest BCUT2D eigenvalue weighted by molar-refractivity contribution is -0.148. The Morgan fingerprint density at radius 2 is 1.03 bits per heavy atom. The lowest BCUT2D eigenvalue weighted by atomic mass is 9.85. The lowest BCUT2D eigenvalue weighted by Gasteiger charge is -2.35. The Morgan fingerprint density at radius 1 is 0.636 bits per heavy atom. The van der Waals surface area contributed by atoms with E-state index in [1.54, 1.807) is 0 Å². The van der Waals surface area contributed by atoms with Crippen molar-refractivity contribution < 1.29 is 28.5 Å². The lowest BCUT2D eigenvalue weighted by Crippen LogP contribution is -2.24. The van der Waals surface area contributed by atoms with Crippen LogP contribution in [-0.4, -0.2) is 38.4 Å². The molecule has 4 unspecified atom stereocenters. The van der Waals surface area contributed by atoms with Gasteiger partial charge in [-0.2, -0.15) is 0 Å². The summed E-state index contributed by atoms with van der Waals surface area (Å²) in [5.74, 6) is -0.683. The number of hydrogen-bond acceptors (Lipinski definition) is 6. The smallest absolute Gasteiger partial charge is 0.305 e. The van der Waals surface area contributed by atoms with Crippen LogP contribution in [0.25, 0.3) is 0 Å². The van der Waals surface area contributed by atoms with Crippen LogP contribution < -0.4 is 0 Å². The van der Waals surface area contributed by atoms with Crippen LogP contribution in [0, 0.1) is 0 Å². The largest absolute Gasteiger partial charge is 0.463 e. The van der Waals surface area contributed by atoms with Crippen LogP contribution in [0.4, 0.5) is 0 Å². The van der Waals surface area contributed by atoms with Crippen molar-refractivity contribution in [2.45, 2.75) is 41.1 Å². The maximum Gasteiger partial charge on any atom is 0.305 e. The molecule has 2 aliphatic carbocycles. The van der Waals surface area contributed by atoms with Gasteiger partial charge in [-0.15, -0.1) is 0 Å². The Bertz CT molecular complexity index is 903. The third-order valence-electron chi connectivity index (χ3n) is 5.78. The molecule has 4 rings (SSSR count). The predicted molar refractivity (Wildman–Crippen MR) is 129 cm³/mol. The quantitative estimate of drug-likeness (QED) is 0.183. The summed E-state index contributed by atoms with van der Waals surface area (Å²) < 4.78 is 22.0. The van der Waals surface area contributed by atoms with Gasteiger partial charge in [0.25, 0.3) is 0 Å². The Balaban J connectivity index is 1.01. The normalized spacial score (nSPS) is 22.4. The molecule has 0 saturated carbocycles. The molecule has 0 aromatic heterocycles. The maximum absolute atomic E-state index is 11.9. The third-order valence-corrected chi connectivity index (χ3v) is 7.73. The number of halogens is 2. The SMILES string of the molecule is O=C(CCCC(=O)OCCOC1c2ccccc2C1Br)OCCOC1c2ccccc2C1Br. The molecule has 0 bridgehead atoms. The molecule has 2 aromatic carbocycles. The molecule has 33 heavy (non-hydrogen) atoms. The summed E-state index contributed by atoms with van der Waals surface area (Å²) in [6, 6.07) is 16.2. The summed E-state index contributed by atoms with van der Waals surface area (Å²) in [6.07, 6.45) is 0.695. The van der Waals surface area contributed by atoms with E-state index in [0.717, 1.165) is 0 Å². The van der Waals surface area contributed by atoms with E-state index in [2.05, 4.69) is 44.0 Å². The van der Waals surface area contributed by atoms with Gasteiger partial charge in [-0.1, -0.05) is 80.4 Å². The minimum atomic E-state index is -0.342. The van der Waals surface area contributed by atoms with E-state index in [0.29, 0.717) is 19.6 Å². The number of rotatable bonds is 12. The van der Waals surface area contributed by atoms with Gasteiger partial charge >= 0.3 is 11.9 Å². The number of carbonyl (C=O) groups excluding carboxylic acids is 2. The second-order valence-corrected chi connectivity index (χ2v) is 9.91. The minimum absolute atomic E-state index is 0.0157. The molecule has 0 N–H and O–H groups in total. The first kappa shape index (κ1) is 24.4. The first-order valence-corrected chi connectivity index (χ1v) is 12.9. The van der Waals surface area contributed by atoms with Gasteiger partial charge < -0.3 is 18.9 Å². The highest BCUT2D eigenvalue weighted by Crippen LogP contribution is 2.51. The summed E-state index contributed by atoms with van der Waals surface area (Å²) in [7, 11) is 0. The summed E-state index contributed by atoms with van der Waals surface area (Å²) in [6.45, 7) is 1.04. The molecule has 4 atom stereocenters. The zero-order valence-corrected chi connectivity index (χ0v) is 21.3. The fourth-order valence-electron chi connectivity index (χ4n) is 4.02.